The Balaban J connectivity index is 2.89. The fourth-order valence-electron chi connectivity index (χ4n) is 0.749. The van der Waals surface area contributed by atoms with Crippen molar-refractivity contribution in [2.75, 3.05) is 11.9 Å². The molecular weight excluding hydrogens is 188 g/mol. The number of nitrogens with one attached hydrogen (secondary N) is 1. The Bertz CT molecular complexity index is 388. The van der Waals surface area contributed by atoms with Crippen LogP contribution in [-0.4, -0.2) is 11.5 Å². The number of nitrogens with zero attached hydrogens (tertiary/aromatic N) is 3. The molecule has 0 saturated heterocycles. The van der Waals surface area contributed by atoms with Crippen LogP contribution in [-0.2, 0) is 0 Å². The number of pyridine rings is 1. The van der Waals surface area contributed by atoms with Crippen LogP contribution in [0.5, 0.6) is 0 Å². The molecule has 0 amide bonds. The molecule has 0 saturated carbocycles. The minimum atomic E-state index is 0.152. The molecule has 0 fully saturated rings. The van der Waals surface area contributed by atoms with Gasteiger partial charge in [-0.25, -0.2) is 4.98 Å². The normalized spacial score (nSPS) is 8.54. The number of rotatable bonds is 2. The maximum absolute atomic E-state index is 8.58. The molecule has 1 N–H and O–H groups in total. The van der Waals surface area contributed by atoms with E-state index in [0.717, 1.165) is 0 Å². The van der Waals surface area contributed by atoms with E-state index in [2.05, 4.69) is 10.3 Å². The Labute approximate surface area is 80.4 Å². The van der Waals surface area contributed by atoms with Crippen LogP contribution >= 0.6 is 11.6 Å². The average molecular weight is 193 g/mol. The van der Waals surface area contributed by atoms with Crippen LogP contribution in [0.4, 0.5) is 5.82 Å². The standard InChI is InChI=1S/C8H5ClN4/c9-6-1-2-8(12-4-3-10)13-7(6)5-11/h1-2H,4H2,(H,12,13). The van der Waals surface area contributed by atoms with Crippen molar-refractivity contribution >= 4 is 17.4 Å². The highest BCUT2D eigenvalue weighted by molar-refractivity contribution is 6.31. The second-order valence-electron chi connectivity index (χ2n) is 2.15. The first-order valence-electron chi connectivity index (χ1n) is 3.45. The number of aromatic nitrogens is 1. The van der Waals surface area contributed by atoms with Crippen LogP contribution in [0, 0.1) is 22.7 Å². The number of hydrogen-bond donors (Lipinski definition) is 1. The maximum Gasteiger partial charge on any atom is 0.161 e. The molecule has 64 valence electrons. The van der Waals surface area contributed by atoms with E-state index in [0.29, 0.717) is 10.8 Å². The SMILES string of the molecule is N#CCNc1ccc(Cl)c(C#N)n1. The Kier molecular flexibility index (Phi) is 3.08. The quantitative estimate of drug-likeness (QED) is 0.722. The molecule has 0 atom stereocenters. The van der Waals surface area contributed by atoms with E-state index >= 15 is 0 Å². The summed E-state index contributed by atoms with van der Waals surface area (Å²) in [5.41, 5.74) is 0.157. The molecule has 0 spiro atoms. The topological polar surface area (TPSA) is 72.5 Å². The van der Waals surface area contributed by atoms with E-state index in [1.54, 1.807) is 12.1 Å². The van der Waals surface area contributed by atoms with Gasteiger partial charge < -0.3 is 5.32 Å². The summed E-state index contributed by atoms with van der Waals surface area (Å²) in [6.07, 6.45) is 0. The van der Waals surface area contributed by atoms with Gasteiger partial charge in [0.05, 0.1) is 11.1 Å². The Hall–Kier alpha value is -1.78. The fraction of sp³-hybridized carbons (Fsp3) is 0.125. The summed E-state index contributed by atoms with van der Waals surface area (Å²) >= 11 is 5.65. The van der Waals surface area contributed by atoms with Gasteiger partial charge in [-0.15, -0.1) is 0 Å². The van der Waals surface area contributed by atoms with Crippen molar-refractivity contribution in [1.82, 2.24) is 4.98 Å². The number of anilines is 1. The molecule has 1 rings (SSSR count). The summed E-state index contributed by atoms with van der Waals surface area (Å²) in [6, 6.07) is 6.92. The van der Waals surface area contributed by atoms with Crippen LogP contribution in [0.1, 0.15) is 5.69 Å². The lowest BCUT2D eigenvalue weighted by Crippen LogP contribution is -2.01. The van der Waals surface area contributed by atoms with Crippen LogP contribution in [0.15, 0.2) is 12.1 Å². The van der Waals surface area contributed by atoms with Crippen molar-refractivity contribution in [1.29, 1.82) is 10.5 Å². The monoisotopic (exact) mass is 192 g/mol. The van der Waals surface area contributed by atoms with Crippen molar-refractivity contribution < 1.29 is 0 Å². The molecule has 0 unspecified atom stereocenters. The van der Waals surface area contributed by atoms with Crippen LogP contribution in [0.3, 0.4) is 0 Å². The van der Waals surface area contributed by atoms with Gasteiger partial charge in [0.2, 0.25) is 0 Å². The summed E-state index contributed by atoms with van der Waals surface area (Å²) in [5, 5.41) is 19.9. The summed E-state index contributed by atoms with van der Waals surface area (Å²) in [7, 11) is 0. The zero-order valence-electron chi connectivity index (χ0n) is 6.58. The second kappa shape index (κ2) is 4.30. The molecule has 5 heteroatoms. The van der Waals surface area contributed by atoms with Gasteiger partial charge in [0, 0.05) is 0 Å². The number of nitriles is 2. The summed E-state index contributed by atoms with van der Waals surface area (Å²) in [4.78, 5) is 3.87. The highest BCUT2D eigenvalue weighted by Crippen LogP contribution is 2.15. The van der Waals surface area contributed by atoms with Crippen molar-refractivity contribution in [3.8, 4) is 12.1 Å². The van der Waals surface area contributed by atoms with Gasteiger partial charge in [0.1, 0.15) is 18.4 Å². The summed E-state index contributed by atoms with van der Waals surface area (Å²) < 4.78 is 0. The van der Waals surface area contributed by atoms with Crippen LogP contribution in [0.2, 0.25) is 5.02 Å². The molecule has 13 heavy (non-hydrogen) atoms. The third kappa shape index (κ3) is 2.33. The molecule has 0 aliphatic carbocycles. The molecule has 1 aromatic rings. The van der Waals surface area contributed by atoms with E-state index in [1.165, 1.54) is 0 Å². The summed E-state index contributed by atoms with van der Waals surface area (Å²) in [5.74, 6) is 0.475. The zero-order valence-corrected chi connectivity index (χ0v) is 7.34. The van der Waals surface area contributed by atoms with Crippen LogP contribution < -0.4 is 5.32 Å². The van der Waals surface area contributed by atoms with Gasteiger partial charge >= 0.3 is 0 Å². The lowest BCUT2D eigenvalue weighted by atomic mass is 10.3. The van der Waals surface area contributed by atoms with E-state index < -0.39 is 0 Å². The van der Waals surface area contributed by atoms with E-state index in [1.807, 2.05) is 12.1 Å². The van der Waals surface area contributed by atoms with Gasteiger partial charge in [-0.2, -0.15) is 10.5 Å². The second-order valence-corrected chi connectivity index (χ2v) is 2.56. The number of hydrogen-bond acceptors (Lipinski definition) is 4. The Morgan fingerprint density at radius 2 is 2.23 bits per heavy atom. The van der Waals surface area contributed by atoms with Crippen LogP contribution in [0.25, 0.3) is 0 Å². The van der Waals surface area contributed by atoms with E-state index in [9.17, 15) is 0 Å². The molecule has 0 aromatic carbocycles. The predicted molar refractivity (Wildman–Crippen MR) is 48.1 cm³/mol. The van der Waals surface area contributed by atoms with Gasteiger partial charge in [-0.3, -0.25) is 0 Å². The van der Waals surface area contributed by atoms with Gasteiger partial charge in [-0.1, -0.05) is 11.6 Å². The van der Waals surface area contributed by atoms with E-state index in [-0.39, 0.29) is 12.2 Å². The van der Waals surface area contributed by atoms with E-state index in [4.69, 9.17) is 22.1 Å². The van der Waals surface area contributed by atoms with Gasteiger partial charge in [0.25, 0.3) is 0 Å². The molecular formula is C8H5ClN4. The van der Waals surface area contributed by atoms with Crippen molar-refractivity contribution in [2.45, 2.75) is 0 Å². The molecule has 0 aliphatic rings. The highest BCUT2D eigenvalue weighted by atomic mass is 35.5. The lowest BCUT2D eigenvalue weighted by molar-refractivity contribution is 1.20. The van der Waals surface area contributed by atoms with Gasteiger partial charge in [-0.05, 0) is 12.1 Å². The minimum absolute atomic E-state index is 0.152. The lowest BCUT2D eigenvalue weighted by Gasteiger charge is -2.00. The number of halogens is 1. The Morgan fingerprint density at radius 1 is 1.46 bits per heavy atom. The molecule has 0 bridgehead atoms. The molecule has 4 nitrogen and oxygen atoms in total. The first-order chi connectivity index (χ1) is 6.27. The van der Waals surface area contributed by atoms with Crippen molar-refractivity contribution in [2.24, 2.45) is 0 Å². The average Bonchev–Trinajstić information content (AvgIpc) is 2.16. The Morgan fingerprint density at radius 3 is 2.85 bits per heavy atom. The van der Waals surface area contributed by atoms with Crippen molar-refractivity contribution in [3.63, 3.8) is 0 Å². The smallest absolute Gasteiger partial charge is 0.161 e. The zero-order chi connectivity index (χ0) is 9.68. The largest absolute Gasteiger partial charge is 0.357 e. The minimum Gasteiger partial charge on any atom is -0.357 e. The molecule has 1 heterocycles. The third-order valence-electron chi connectivity index (χ3n) is 1.30. The van der Waals surface area contributed by atoms with Gasteiger partial charge in [0.15, 0.2) is 5.69 Å². The summed E-state index contributed by atoms with van der Waals surface area (Å²) in [6.45, 7) is 0.152. The first-order valence-corrected chi connectivity index (χ1v) is 3.83. The fourth-order valence-corrected chi connectivity index (χ4v) is 0.897. The molecule has 1 aromatic heterocycles. The highest BCUT2D eigenvalue weighted by Gasteiger charge is 2.01. The van der Waals surface area contributed by atoms with Crippen molar-refractivity contribution in [3.05, 3.63) is 22.8 Å². The third-order valence-corrected chi connectivity index (χ3v) is 1.61. The molecule has 0 radical (unpaired) electrons. The first kappa shape index (κ1) is 9.31. The predicted octanol–water partition coefficient (Wildman–Crippen LogP) is 1.54. The maximum atomic E-state index is 8.58. The molecule has 0 aliphatic heterocycles.